The SMILES string of the molecule is COc1ccc(F)cc1[C@H](C)NS(=O)(=O)c1ccc(C(N)=O)cc1. The number of carbonyl (C=O) groups is 1. The lowest BCUT2D eigenvalue weighted by Crippen LogP contribution is -2.27. The molecular weight excluding hydrogens is 335 g/mol. The third kappa shape index (κ3) is 3.90. The zero-order chi connectivity index (χ0) is 17.9. The summed E-state index contributed by atoms with van der Waals surface area (Å²) in [5.41, 5.74) is 5.70. The summed E-state index contributed by atoms with van der Waals surface area (Å²) >= 11 is 0. The van der Waals surface area contributed by atoms with E-state index in [4.69, 9.17) is 10.5 Å². The van der Waals surface area contributed by atoms with Crippen molar-refractivity contribution in [3.63, 3.8) is 0 Å². The second-order valence-corrected chi connectivity index (χ2v) is 6.83. The molecular formula is C16H17FN2O4S. The number of nitrogens with two attached hydrogens (primary N) is 1. The summed E-state index contributed by atoms with van der Waals surface area (Å²) in [5, 5.41) is 0. The number of hydrogen-bond donors (Lipinski definition) is 2. The van der Waals surface area contributed by atoms with Crippen molar-refractivity contribution >= 4 is 15.9 Å². The van der Waals surface area contributed by atoms with Crippen LogP contribution in [0.5, 0.6) is 5.75 Å². The van der Waals surface area contributed by atoms with Crippen molar-refractivity contribution in [2.24, 2.45) is 5.73 Å². The monoisotopic (exact) mass is 352 g/mol. The van der Waals surface area contributed by atoms with Gasteiger partial charge in [0.1, 0.15) is 11.6 Å². The van der Waals surface area contributed by atoms with Crippen molar-refractivity contribution in [1.29, 1.82) is 0 Å². The van der Waals surface area contributed by atoms with Crippen LogP contribution in [0.3, 0.4) is 0 Å². The van der Waals surface area contributed by atoms with Gasteiger partial charge in [0.05, 0.1) is 12.0 Å². The summed E-state index contributed by atoms with van der Waals surface area (Å²) in [6.07, 6.45) is 0. The number of carbonyl (C=O) groups excluding carboxylic acids is 1. The van der Waals surface area contributed by atoms with Gasteiger partial charge in [0.15, 0.2) is 0 Å². The number of methoxy groups -OCH3 is 1. The van der Waals surface area contributed by atoms with Gasteiger partial charge in [-0.05, 0) is 49.4 Å². The van der Waals surface area contributed by atoms with Crippen LogP contribution in [-0.2, 0) is 10.0 Å². The number of benzene rings is 2. The Balaban J connectivity index is 2.28. The summed E-state index contributed by atoms with van der Waals surface area (Å²) < 4.78 is 45.9. The third-order valence-electron chi connectivity index (χ3n) is 3.44. The van der Waals surface area contributed by atoms with Crippen LogP contribution in [0, 0.1) is 5.82 Å². The Hall–Kier alpha value is -2.45. The third-order valence-corrected chi connectivity index (χ3v) is 5.00. The average Bonchev–Trinajstić information content (AvgIpc) is 2.54. The van der Waals surface area contributed by atoms with Crippen molar-refractivity contribution < 1.29 is 22.3 Å². The molecule has 3 N–H and O–H groups in total. The summed E-state index contributed by atoms with van der Waals surface area (Å²) in [5.74, 6) is -0.775. The molecule has 2 aromatic rings. The van der Waals surface area contributed by atoms with Crippen LogP contribution in [0.15, 0.2) is 47.4 Å². The van der Waals surface area contributed by atoms with Gasteiger partial charge in [-0.3, -0.25) is 4.79 Å². The first-order valence-electron chi connectivity index (χ1n) is 7.00. The number of amides is 1. The number of hydrogen-bond acceptors (Lipinski definition) is 4. The van der Waals surface area contributed by atoms with Gasteiger partial charge < -0.3 is 10.5 Å². The highest BCUT2D eigenvalue weighted by Gasteiger charge is 2.21. The minimum atomic E-state index is -3.87. The maximum absolute atomic E-state index is 13.4. The smallest absolute Gasteiger partial charge is 0.248 e. The first-order chi connectivity index (χ1) is 11.2. The Kier molecular flexibility index (Phi) is 5.20. The molecule has 0 radical (unpaired) electrons. The Labute approximate surface area is 139 Å². The molecule has 0 aliphatic carbocycles. The fourth-order valence-corrected chi connectivity index (χ4v) is 3.43. The molecule has 2 rings (SSSR count). The van der Waals surface area contributed by atoms with Crippen molar-refractivity contribution in [3.8, 4) is 5.75 Å². The van der Waals surface area contributed by atoms with Crippen LogP contribution in [0.1, 0.15) is 28.9 Å². The molecule has 24 heavy (non-hydrogen) atoms. The second kappa shape index (κ2) is 6.98. The molecule has 0 unspecified atom stereocenters. The zero-order valence-electron chi connectivity index (χ0n) is 13.1. The summed E-state index contributed by atoms with van der Waals surface area (Å²) in [6, 6.07) is 8.34. The molecule has 0 bridgehead atoms. The molecule has 0 heterocycles. The fourth-order valence-electron chi connectivity index (χ4n) is 2.21. The molecule has 2 aromatic carbocycles. The van der Waals surface area contributed by atoms with E-state index in [2.05, 4.69) is 4.72 Å². The standard InChI is InChI=1S/C16H17FN2O4S/c1-10(14-9-12(17)5-8-15(14)23-2)19-24(21,22)13-6-3-11(4-7-13)16(18)20/h3-10,19H,1-2H3,(H2,18,20)/t10-/m0/s1. The highest BCUT2D eigenvalue weighted by molar-refractivity contribution is 7.89. The molecule has 128 valence electrons. The van der Waals surface area contributed by atoms with Crippen molar-refractivity contribution in [3.05, 3.63) is 59.4 Å². The van der Waals surface area contributed by atoms with Gasteiger partial charge in [0.2, 0.25) is 15.9 Å². The summed E-state index contributed by atoms with van der Waals surface area (Å²) in [6.45, 7) is 1.58. The molecule has 6 nitrogen and oxygen atoms in total. The Bertz CT molecular complexity index is 851. The van der Waals surface area contributed by atoms with Crippen molar-refractivity contribution in [1.82, 2.24) is 4.72 Å². The van der Waals surface area contributed by atoms with E-state index in [0.29, 0.717) is 11.3 Å². The van der Waals surface area contributed by atoms with Crippen LogP contribution in [0.4, 0.5) is 4.39 Å². The molecule has 0 aliphatic heterocycles. The van der Waals surface area contributed by atoms with Crippen LogP contribution in [0.25, 0.3) is 0 Å². The largest absolute Gasteiger partial charge is 0.496 e. The number of halogens is 1. The summed E-state index contributed by atoms with van der Waals surface area (Å²) in [7, 11) is -2.45. The van der Waals surface area contributed by atoms with Crippen LogP contribution < -0.4 is 15.2 Å². The Morgan fingerprint density at radius 3 is 2.38 bits per heavy atom. The topological polar surface area (TPSA) is 98.5 Å². The number of sulfonamides is 1. The minimum absolute atomic E-state index is 0.0327. The molecule has 0 aromatic heterocycles. The quantitative estimate of drug-likeness (QED) is 0.830. The predicted octanol–water partition coefficient (Wildman–Crippen LogP) is 1.97. The first-order valence-corrected chi connectivity index (χ1v) is 8.48. The fraction of sp³-hybridized carbons (Fsp3) is 0.188. The van der Waals surface area contributed by atoms with E-state index in [0.717, 1.165) is 0 Å². The maximum atomic E-state index is 13.4. The van der Waals surface area contributed by atoms with Gasteiger partial charge in [0, 0.05) is 17.2 Å². The number of primary amides is 1. The highest BCUT2D eigenvalue weighted by Crippen LogP contribution is 2.27. The lowest BCUT2D eigenvalue weighted by Gasteiger charge is -2.17. The lowest BCUT2D eigenvalue weighted by molar-refractivity contribution is 0.1000. The van der Waals surface area contributed by atoms with E-state index in [1.165, 1.54) is 49.6 Å². The molecule has 0 spiro atoms. The summed E-state index contributed by atoms with van der Waals surface area (Å²) in [4.78, 5) is 11.0. The average molecular weight is 352 g/mol. The van der Waals surface area contributed by atoms with E-state index in [1.807, 2.05) is 0 Å². The van der Waals surface area contributed by atoms with Gasteiger partial charge in [-0.25, -0.2) is 17.5 Å². The van der Waals surface area contributed by atoms with E-state index in [-0.39, 0.29) is 10.5 Å². The lowest BCUT2D eigenvalue weighted by atomic mass is 10.1. The van der Waals surface area contributed by atoms with Crippen molar-refractivity contribution in [2.45, 2.75) is 17.9 Å². The van der Waals surface area contributed by atoms with Gasteiger partial charge in [-0.1, -0.05) is 0 Å². The van der Waals surface area contributed by atoms with Gasteiger partial charge in [-0.2, -0.15) is 0 Å². The minimum Gasteiger partial charge on any atom is -0.496 e. The first kappa shape index (κ1) is 17.9. The van der Waals surface area contributed by atoms with Crippen LogP contribution in [-0.4, -0.2) is 21.4 Å². The maximum Gasteiger partial charge on any atom is 0.248 e. The molecule has 0 aliphatic rings. The Morgan fingerprint density at radius 2 is 1.83 bits per heavy atom. The highest BCUT2D eigenvalue weighted by atomic mass is 32.2. The number of rotatable bonds is 6. The van der Waals surface area contributed by atoms with Crippen LogP contribution >= 0.6 is 0 Å². The van der Waals surface area contributed by atoms with Crippen molar-refractivity contribution in [2.75, 3.05) is 7.11 Å². The molecule has 8 heteroatoms. The van der Waals surface area contributed by atoms with E-state index < -0.39 is 27.8 Å². The van der Waals surface area contributed by atoms with Crippen LogP contribution in [0.2, 0.25) is 0 Å². The molecule has 0 fully saturated rings. The van der Waals surface area contributed by atoms with E-state index in [1.54, 1.807) is 6.92 Å². The van der Waals surface area contributed by atoms with Gasteiger partial charge in [0.25, 0.3) is 0 Å². The Morgan fingerprint density at radius 1 is 1.21 bits per heavy atom. The molecule has 1 amide bonds. The number of nitrogens with one attached hydrogen (secondary N) is 1. The molecule has 0 saturated carbocycles. The van der Waals surface area contributed by atoms with Gasteiger partial charge in [-0.15, -0.1) is 0 Å². The van der Waals surface area contributed by atoms with Gasteiger partial charge >= 0.3 is 0 Å². The second-order valence-electron chi connectivity index (χ2n) is 5.12. The molecule has 0 saturated heterocycles. The molecule has 1 atom stereocenters. The van der Waals surface area contributed by atoms with E-state index >= 15 is 0 Å². The predicted molar refractivity (Wildman–Crippen MR) is 86.6 cm³/mol. The normalized spacial score (nSPS) is 12.6. The number of ether oxygens (including phenoxy) is 1. The zero-order valence-corrected chi connectivity index (χ0v) is 13.9. The van der Waals surface area contributed by atoms with E-state index in [9.17, 15) is 17.6 Å².